The van der Waals surface area contributed by atoms with Gasteiger partial charge in [0.05, 0.1) is 17.7 Å². The second-order valence-corrected chi connectivity index (χ2v) is 3.44. The largest absolute Gasteiger partial charge is 0.367 e. The lowest BCUT2D eigenvalue weighted by Gasteiger charge is -2.14. The molecule has 3 heterocycles. The van der Waals surface area contributed by atoms with Crippen LogP contribution in [0.5, 0.6) is 0 Å². The minimum Gasteiger partial charge on any atom is -0.367 e. The van der Waals surface area contributed by atoms with Crippen LogP contribution in [0.15, 0.2) is 11.7 Å². The molecule has 12 heavy (non-hydrogen) atoms. The van der Waals surface area contributed by atoms with Gasteiger partial charge >= 0.3 is 0 Å². The highest BCUT2D eigenvalue weighted by atomic mass is 32.1. The Labute approximate surface area is 72.7 Å². The molecule has 3 rings (SSSR count). The molecule has 0 unspecified atom stereocenters. The average molecular weight is 178 g/mol. The highest BCUT2D eigenvalue weighted by Crippen LogP contribution is 2.34. The van der Waals surface area contributed by atoms with E-state index in [1.165, 1.54) is 0 Å². The molecule has 0 atom stereocenters. The van der Waals surface area contributed by atoms with Gasteiger partial charge in [0.15, 0.2) is 0 Å². The second-order valence-electron chi connectivity index (χ2n) is 2.58. The minimum atomic E-state index is 0.746. The molecule has 1 aliphatic heterocycles. The van der Waals surface area contributed by atoms with E-state index in [2.05, 4.69) is 26.0 Å². The molecular weight excluding hydrogens is 172 g/mol. The average Bonchev–Trinajstić information content (AvgIpc) is 2.52. The lowest BCUT2D eigenvalue weighted by Crippen LogP contribution is -2.16. The van der Waals surface area contributed by atoms with Crippen LogP contribution in [0.25, 0.3) is 10.2 Å². The Morgan fingerprint density at radius 2 is 2.33 bits per heavy atom. The quantitative estimate of drug-likeness (QED) is 0.641. The van der Waals surface area contributed by atoms with E-state index in [0.29, 0.717) is 0 Å². The molecule has 0 bridgehead atoms. The number of rotatable bonds is 0. The van der Waals surface area contributed by atoms with E-state index >= 15 is 0 Å². The van der Waals surface area contributed by atoms with Gasteiger partial charge in [0.2, 0.25) is 0 Å². The molecule has 60 valence electrons. The number of hydrogen-bond acceptors (Lipinski definition) is 5. The van der Waals surface area contributed by atoms with Crippen molar-refractivity contribution in [3.63, 3.8) is 0 Å². The first-order chi connectivity index (χ1) is 5.95. The molecule has 2 aromatic heterocycles. The maximum Gasteiger partial charge on any atom is 0.141 e. The van der Waals surface area contributed by atoms with Crippen LogP contribution >= 0.6 is 11.3 Å². The molecule has 4 nitrogen and oxygen atoms in total. The number of hydrogen-bond donors (Lipinski definition) is 2. The summed E-state index contributed by atoms with van der Waals surface area (Å²) in [6, 6.07) is 0. The predicted molar refractivity (Wildman–Crippen MR) is 49.5 cm³/mol. The fourth-order valence-electron chi connectivity index (χ4n) is 1.36. The van der Waals surface area contributed by atoms with Gasteiger partial charge in [0.1, 0.15) is 17.0 Å². The van der Waals surface area contributed by atoms with E-state index in [9.17, 15) is 0 Å². The molecule has 0 fully saturated rings. The van der Waals surface area contributed by atoms with Crippen LogP contribution in [-0.4, -0.2) is 16.6 Å². The number of aromatic nitrogens is 2. The summed E-state index contributed by atoms with van der Waals surface area (Å²) in [6.07, 6.45) is 1.59. The van der Waals surface area contributed by atoms with Gasteiger partial charge in [-0.05, 0) is 0 Å². The third-order valence-electron chi connectivity index (χ3n) is 1.90. The Morgan fingerprint density at radius 1 is 1.33 bits per heavy atom. The highest BCUT2D eigenvalue weighted by molar-refractivity contribution is 7.17. The fourth-order valence-corrected chi connectivity index (χ4v) is 2.23. The second kappa shape index (κ2) is 2.07. The Morgan fingerprint density at radius 3 is 3.33 bits per heavy atom. The first kappa shape index (κ1) is 6.19. The van der Waals surface area contributed by atoms with Crippen molar-refractivity contribution in [3.05, 3.63) is 11.7 Å². The lowest BCUT2D eigenvalue weighted by molar-refractivity contribution is 1.13. The zero-order chi connectivity index (χ0) is 7.97. The molecular formula is C7H6N4S. The molecule has 2 aromatic rings. The van der Waals surface area contributed by atoms with Crippen molar-refractivity contribution in [2.75, 3.05) is 17.3 Å². The van der Waals surface area contributed by atoms with Gasteiger partial charge in [0.25, 0.3) is 0 Å². The summed E-state index contributed by atoms with van der Waals surface area (Å²) >= 11 is 1.64. The Kier molecular flexibility index (Phi) is 1.07. The van der Waals surface area contributed by atoms with Gasteiger partial charge in [0, 0.05) is 5.38 Å². The smallest absolute Gasteiger partial charge is 0.141 e. The summed E-state index contributed by atoms with van der Waals surface area (Å²) < 4.78 is 0. The van der Waals surface area contributed by atoms with Crippen molar-refractivity contribution in [2.45, 2.75) is 0 Å². The molecule has 0 aromatic carbocycles. The predicted octanol–water partition coefficient (Wildman–Crippen LogP) is 1.49. The summed E-state index contributed by atoms with van der Waals surface area (Å²) in [7, 11) is 0. The third kappa shape index (κ3) is 0.660. The van der Waals surface area contributed by atoms with Gasteiger partial charge in [-0.2, -0.15) is 0 Å². The van der Waals surface area contributed by atoms with Crippen molar-refractivity contribution >= 4 is 33.1 Å². The van der Waals surface area contributed by atoms with Gasteiger partial charge in [-0.3, -0.25) is 0 Å². The number of nitrogens with one attached hydrogen (secondary N) is 2. The third-order valence-corrected chi connectivity index (χ3v) is 2.79. The fraction of sp³-hybridized carbons (Fsp3) is 0.143. The van der Waals surface area contributed by atoms with Gasteiger partial charge < -0.3 is 10.6 Å². The van der Waals surface area contributed by atoms with Crippen LogP contribution in [0.4, 0.5) is 11.5 Å². The van der Waals surface area contributed by atoms with E-state index in [4.69, 9.17) is 0 Å². The first-order valence-electron chi connectivity index (χ1n) is 3.65. The van der Waals surface area contributed by atoms with E-state index in [0.717, 1.165) is 28.4 Å². The van der Waals surface area contributed by atoms with Crippen LogP contribution < -0.4 is 10.6 Å². The molecule has 0 saturated carbocycles. The van der Waals surface area contributed by atoms with Crippen LogP contribution in [-0.2, 0) is 0 Å². The van der Waals surface area contributed by atoms with Crippen molar-refractivity contribution in [2.24, 2.45) is 0 Å². The summed E-state index contributed by atoms with van der Waals surface area (Å²) in [4.78, 5) is 9.36. The first-order valence-corrected chi connectivity index (χ1v) is 4.53. The van der Waals surface area contributed by atoms with Gasteiger partial charge in [-0.15, -0.1) is 11.3 Å². The van der Waals surface area contributed by atoms with Crippen LogP contribution in [0.3, 0.4) is 0 Å². The Hall–Kier alpha value is -1.36. The van der Waals surface area contributed by atoms with Crippen LogP contribution in [0.1, 0.15) is 0 Å². The maximum absolute atomic E-state index is 4.17. The van der Waals surface area contributed by atoms with Crippen molar-refractivity contribution in [1.29, 1.82) is 0 Å². The zero-order valence-corrected chi connectivity index (χ0v) is 6.98. The maximum atomic E-state index is 4.17. The Bertz CT molecular complexity index is 436. The number of thiophene rings is 1. The molecule has 1 aliphatic rings. The van der Waals surface area contributed by atoms with Crippen LogP contribution in [0.2, 0.25) is 0 Å². The molecule has 0 saturated heterocycles. The van der Waals surface area contributed by atoms with E-state index in [1.807, 2.05) is 0 Å². The summed E-state index contributed by atoms with van der Waals surface area (Å²) in [5.74, 6) is 0.940. The van der Waals surface area contributed by atoms with E-state index < -0.39 is 0 Å². The molecule has 0 aliphatic carbocycles. The van der Waals surface area contributed by atoms with Crippen molar-refractivity contribution < 1.29 is 0 Å². The van der Waals surface area contributed by atoms with Crippen LogP contribution in [0, 0.1) is 0 Å². The molecule has 5 heteroatoms. The zero-order valence-electron chi connectivity index (χ0n) is 6.16. The lowest BCUT2D eigenvalue weighted by atomic mass is 10.3. The summed E-state index contributed by atoms with van der Waals surface area (Å²) in [5.41, 5.74) is 1.14. The summed E-state index contributed by atoms with van der Waals surface area (Å²) in [6.45, 7) is 0.746. The van der Waals surface area contributed by atoms with Gasteiger partial charge in [-0.1, -0.05) is 0 Å². The minimum absolute atomic E-state index is 0.746. The molecule has 0 spiro atoms. The Balaban J connectivity index is 2.50. The van der Waals surface area contributed by atoms with Crippen molar-refractivity contribution in [3.8, 4) is 0 Å². The van der Waals surface area contributed by atoms with Gasteiger partial charge in [-0.25, -0.2) is 9.97 Å². The van der Waals surface area contributed by atoms with E-state index in [-0.39, 0.29) is 0 Å². The highest BCUT2D eigenvalue weighted by Gasteiger charge is 2.13. The number of nitrogens with zero attached hydrogens (tertiary/aromatic N) is 2. The molecule has 2 N–H and O–H groups in total. The van der Waals surface area contributed by atoms with E-state index in [1.54, 1.807) is 17.7 Å². The number of anilines is 2. The normalized spacial score (nSPS) is 14.0. The molecule has 0 amide bonds. The topological polar surface area (TPSA) is 49.8 Å². The van der Waals surface area contributed by atoms with Crippen molar-refractivity contribution in [1.82, 2.24) is 9.97 Å². The SMILES string of the molecule is c1nc2c3c(csc3n1)NCN2. The standard InChI is InChI=1S/C7H6N4S/c1-4-5-6(9-2-8-4)10-3-11-7(5)12-1/h1,3,8H,2H2,(H,9,10,11). The molecule has 0 radical (unpaired) electrons. The monoisotopic (exact) mass is 178 g/mol. The summed E-state index contributed by atoms with van der Waals surface area (Å²) in [5, 5.41) is 9.58.